The van der Waals surface area contributed by atoms with E-state index in [1.165, 1.54) is 38.6 Å². The van der Waals surface area contributed by atoms with Crippen LogP contribution in [0.5, 0.6) is 0 Å². The van der Waals surface area contributed by atoms with E-state index in [0.29, 0.717) is 6.54 Å². The Morgan fingerprint density at radius 3 is 2.52 bits per heavy atom. The van der Waals surface area contributed by atoms with Gasteiger partial charge in [0.15, 0.2) is 5.96 Å². The Labute approximate surface area is 158 Å². The number of hydrogen-bond acceptors (Lipinski definition) is 3. The molecule has 0 aliphatic carbocycles. The lowest BCUT2D eigenvalue weighted by Gasteiger charge is -2.11. The Morgan fingerprint density at radius 2 is 1.87 bits per heavy atom. The van der Waals surface area contributed by atoms with Gasteiger partial charge in [-0.1, -0.05) is 19.3 Å². The summed E-state index contributed by atoms with van der Waals surface area (Å²) in [5.74, 6) is 1.75. The first-order valence-electron chi connectivity index (χ1n) is 8.41. The summed E-state index contributed by atoms with van der Waals surface area (Å²) in [4.78, 5) is 6.77. The molecule has 0 aromatic carbocycles. The van der Waals surface area contributed by atoms with E-state index in [1.54, 1.807) is 6.26 Å². The van der Waals surface area contributed by atoms with Gasteiger partial charge in [-0.2, -0.15) is 0 Å². The molecule has 0 spiro atoms. The van der Waals surface area contributed by atoms with E-state index < -0.39 is 0 Å². The highest BCUT2D eigenvalue weighted by Crippen LogP contribution is 2.03. The highest BCUT2D eigenvalue weighted by atomic mass is 127. The topological polar surface area (TPSA) is 52.8 Å². The van der Waals surface area contributed by atoms with Crippen LogP contribution in [-0.4, -0.2) is 44.6 Å². The highest BCUT2D eigenvalue weighted by molar-refractivity contribution is 14.0. The van der Waals surface area contributed by atoms with Gasteiger partial charge in [0.1, 0.15) is 12.3 Å². The molecule has 1 aromatic heterocycles. The third-order valence-corrected chi connectivity index (χ3v) is 3.39. The molecule has 5 nitrogen and oxygen atoms in total. The monoisotopic (exact) mass is 436 g/mol. The van der Waals surface area contributed by atoms with Gasteiger partial charge in [0.05, 0.1) is 6.26 Å². The van der Waals surface area contributed by atoms with Gasteiger partial charge in [-0.3, -0.25) is 0 Å². The standard InChI is InChI=1S/C17H32N4O.HI/c1-4-18-17(20-15-16-11-10-14-22-16)19-12-8-6-5-7-9-13-21(2)3;/h10-11,14H,4-9,12-13,15H2,1-3H3,(H2,18,19,20);1H. The van der Waals surface area contributed by atoms with Crippen molar-refractivity contribution in [3.05, 3.63) is 24.2 Å². The molecule has 23 heavy (non-hydrogen) atoms. The molecule has 0 aliphatic rings. The first-order valence-corrected chi connectivity index (χ1v) is 8.41. The largest absolute Gasteiger partial charge is 0.467 e. The molecule has 0 radical (unpaired) electrons. The molecule has 0 bridgehead atoms. The van der Waals surface area contributed by atoms with E-state index in [1.807, 2.05) is 12.1 Å². The summed E-state index contributed by atoms with van der Waals surface area (Å²) in [7, 11) is 4.27. The Kier molecular flexibility index (Phi) is 14.3. The maximum Gasteiger partial charge on any atom is 0.191 e. The van der Waals surface area contributed by atoms with Crippen molar-refractivity contribution in [3.63, 3.8) is 0 Å². The average Bonchev–Trinajstić information content (AvgIpc) is 3.00. The van der Waals surface area contributed by atoms with Crippen molar-refractivity contribution in [1.82, 2.24) is 15.5 Å². The van der Waals surface area contributed by atoms with Crippen LogP contribution < -0.4 is 10.6 Å². The van der Waals surface area contributed by atoms with Crippen LogP contribution in [0, 0.1) is 0 Å². The lowest BCUT2D eigenvalue weighted by molar-refractivity contribution is 0.389. The molecule has 134 valence electrons. The second-order valence-corrected chi connectivity index (χ2v) is 5.77. The zero-order chi connectivity index (χ0) is 16.0. The van der Waals surface area contributed by atoms with Crippen molar-refractivity contribution < 1.29 is 4.42 Å². The molecular formula is C17H33IN4O. The first kappa shape index (κ1) is 22.2. The number of guanidine groups is 1. The lowest BCUT2D eigenvalue weighted by Crippen LogP contribution is -2.37. The maximum atomic E-state index is 5.29. The van der Waals surface area contributed by atoms with Crippen molar-refractivity contribution in [1.29, 1.82) is 0 Å². The minimum absolute atomic E-state index is 0. The van der Waals surface area contributed by atoms with Crippen LogP contribution in [0.2, 0.25) is 0 Å². The Balaban J connectivity index is 0.00000484. The fourth-order valence-corrected chi connectivity index (χ4v) is 2.19. The number of rotatable bonds is 11. The molecule has 6 heteroatoms. The zero-order valence-electron chi connectivity index (χ0n) is 14.8. The van der Waals surface area contributed by atoms with Crippen molar-refractivity contribution in [2.24, 2.45) is 4.99 Å². The van der Waals surface area contributed by atoms with Gasteiger partial charge >= 0.3 is 0 Å². The normalized spacial score (nSPS) is 11.4. The number of nitrogens with zero attached hydrogens (tertiary/aromatic N) is 2. The third-order valence-electron chi connectivity index (χ3n) is 3.39. The summed E-state index contributed by atoms with van der Waals surface area (Å²) < 4.78 is 5.29. The summed E-state index contributed by atoms with van der Waals surface area (Å²) in [6.45, 7) is 5.69. The molecule has 0 unspecified atom stereocenters. The second-order valence-electron chi connectivity index (χ2n) is 5.77. The zero-order valence-corrected chi connectivity index (χ0v) is 17.1. The number of aliphatic imine (C=N–C) groups is 1. The molecule has 0 aliphatic heterocycles. The van der Waals surface area contributed by atoms with Crippen LogP contribution >= 0.6 is 24.0 Å². The Hall–Kier alpha value is -0.760. The van der Waals surface area contributed by atoms with Gasteiger partial charge in [-0.25, -0.2) is 4.99 Å². The maximum absolute atomic E-state index is 5.29. The highest BCUT2D eigenvalue weighted by Gasteiger charge is 1.99. The van der Waals surface area contributed by atoms with Gasteiger partial charge in [0, 0.05) is 13.1 Å². The van der Waals surface area contributed by atoms with Gasteiger partial charge in [-0.15, -0.1) is 24.0 Å². The van der Waals surface area contributed by atoms with Crippen LogP contribution in [0.25, 0.3) is 0 Å². The summed E-state index contributed by atoms with van der Waals surface area (Å²) in [5.41, 5.74) is 0. The SMILES string of the molecule is CCNC(=NCc1ccco1)NCCCCCCCN(C)C.I. The Morgan fingerprint density at radius 1 is 1.13 bits per heavy atom. The van der Waals surface area contributed by atoms with Crippen molar-refractivity contribution in [2.75, 3.05) is 33.7 Å². The fourth-order valence-electron chi connectivity index (χ4n) is 2.19. The quantitative estimate of drug-likeness (QED) is 0.242. The summed E-state index contributed by atoms with van der Waals surface area (Å²) >= 11 is 0. The van der Waals surface area contributed by atoms with Crippen molar-refractivity contribution in [3.8, 4) is 0 Å². The van der Waals surface area contributed by atoms with E-state index in [2.05, 4.69) is 41.5 Å². The number of unbranched alkanes of at least 4 members (excludes halogenated alkanes) is 4. The van der Waals surface area contributed by atoms with Gasteiger partial charge in [0.2, 0.25) is 0 Å². The van der Waals surface area contributed by atoms with E-state index in [4.69, 9.17) is 4.42 Å². The molecule has 2 N–H and O–H groups in total. The van der Waals surface area contributed by atoms with E-state index in [-0.39, 0.29) is 24.0 Å². The fraction of sp³-hybridized carbons (Fsp3) is 0.706. The van der Waals surface area contributed by atoms with Crippen LogP contribution in [0.4, 0.5) is 0 Å². The number of nitrogens with one attached hydrogen (secondary N) is 2. The predicted molar refractivity (Wildman–Crippen MR) is 109 cm³/mol. The van der Waals surface area contributed by atoms with Crippen LogP contribution in [0.1, 0.15) is 44.8 Å². The molecule has 0 fully saturated rings. The number of furan rings is 1. The molecule has 0 saturated carbocycles. The van der Waals surface area contributed by atoms with Gasteiger partial charge < -0.3 is 20.0 Å². The number of hydrogen-bond donors (Lipinski definition) is 2. The molecule has 0 atom stereocenters. The van der Waals surface area contributed by atoms with Crippen LogP contribution in [0.3, 0.4) is 0 Å². The summed E-state index contributed by atoms with van der Waals surface area (Å²) in [6.07, 6.45) is 8.08. The summed E-state index contributed by atoms with van der Waals surface area (Å²) in [5, 5.41) is 6.64. The van der Waals surface area contributed by atoms with Gasteiger partial charge in [0.25, 0.3) is 0 Å². The van der Waals surface area contributed by atoms with Gasteiger partial charge in [-0.05, 0) is 52.5 Å². The number of halogens is 1. The molecular weight excluding hydrogens is 403 g/mol. The smallest absolute Gasteiger partial charge is 0.191 e. The minimum Gasteiger partial charge on any atom is -0.467 e. The molecule has 0 saturated heterocycles. The van der Waals surface area contributed by atoms with E-state index >= 15 is 0 Å². The molecule has 1 aromatic rings. The van der Waals surface area contributed by atoms with Crippen LogP contribution in [0.15, 0.2) is 27.8 Å². The molecule has 1 rings (SSSR count). The van der Waals surface area contributed by atoms with E-state index in [9.17, 15) is 0 Å². The van der Waals surface area contributed by atoms with Crippen molar-refractivity contribution in [2.45, 2.75) is 45.6 Å². The van der Waals surface area contributed by atoms with E-state index in [0.717, 1.165) is 24.8 Å². The first-order chi connectivity index (χ1) is 10.7. The summed E-state index contributed by atoms with van der Waals surface area (Å²) in [6, 6.07) is 3.84. The van der Waals surface area contributed by atoms with Crippen LogP contribution in [-0.2, 0) is 6.54 Å². The molecule has 1 heterocycles. The molecule has 0 amide bonds. The third kappa shape index (κ3) is 12.3. The average molecular weight is 436 g/mol. The predicted octanol–water partition coefficient (Wildman–Crippen LogP) is 3.46. The lowest BCUT2D eigenvalue weighted by atomic mass is 10.1. The van der Waals surface area contributed by atoms with Crippen molar-refractivity contribution >= 4 is 29.9 Å². The Bertz CT molecular complexity index is 393. The minimum atomic E-state index is 0. The second kappa shape index (κ2) is 14.8.